The van der Waals surface area contributed by atoms with Gasteiger partial charge in [-0.1, -0.05) is 39.8 Å². The first kappa shape index (κ1) is 10.5. The molecule has 0 unspecified atom stereocenters. The first-order chi connectivity index (χ1) is 6.97. The van der Waals surface area contributed by atoms with Crippen LogP contribution in [0.1, 0.15) is 33.3 Å². The van der Waals surface area contributed by atoms with Crippen molar-refractivity contribution in [3.05, 3.63) is 29.8 Å². The molecule has 0 atom stereocenters. The highest BCUT2D eigenvalue weighted by molar-refractivity contribution is 5.51. The quantitative estimate of drug-likeness (QED) is 0.676. The fourth-order valence-electron chi connectivity index (χ4n) is 2.08. The van der Waals surface area contributed by atoms with Gasteiger partial charge < -0.3 is 4.90 Å². The molecule has 0 bridgehead atoms. The molecule has 0 saturated carbocycles. The Balaban J connectivity index is 2.20. The molecule has 2 rings (SSSR count). The van der Waals surface area contributed by atoms with Crippen LogP contribution in [0.4, 0.5) is 5.69 Å². The van der Waals surface area contributed by atoms with E-state index in [4.69, 9.17) is 0 Å². The molecule has 0 radical (unpaired) electrons. The molecule has 82 valence electrons. The summed E-state index contributed by atoms with van der Waals surface area (Å²) in [5.41, 5.74) is 3.08. The van der Waals surface area contributed by atoms with Gasteiger partial charge in [0.1, 0.15) is 0 Å². The summed E-state index contributed by atoms with van der Waals surface area (Å²) in [6.45, 7) is 11.5. The van der Waals surface area contributed by atoms with Crippen LogP contribution in [0, 0.1) is 5.92 Å². The highest BCUT2D eigenvalue weighted by atomic mass is 15.2. The Morgan fingerprint density at radius 3 is 2.40 bits per heavy atom. The molecule has 1 aromatic rings. The maximum absolute atomic E-state index is 2.46. The fraction of sp³-hybridized carbons (Fsp3) is 0.571. The van der Waals surface area contributed by atoms with Crippen LogP contribution in [0.15, 0.2) is 24.3 Å². The maximum atomic E-state index is 2.46. The Kier molecular flexibility index (Phi) is 2.49. The van der Waals surface area contributed by atoms with Gasteiger partial charge in [-0.3, -0.25) is 0 Å². The third-order valence-corrected chi connectivity index (χ3v) is 3.14. The lowest BCUT2D eigenvalue weighted by atomic mass is 9.86. The summed E-state index contributed by atoms with van der Waals surface area (Å²) < 4.78 is 0. The number of hydrogen-bond acceptors (Lipinski definition) is 1. The lowest BCUT2D eigenvalue weighted by Crippen LogP contribution is -2.45. The van der Waals surface area contributed by atoms with Crippen molar-refractivity contribution in [3.8, 4) is 0 Å². The average Bonchev–Trinajstić information content (AvgIpc) is 2.12. The molecule has 1 heteroatoms. The van der Waals surface area contributed by atoms with Crippen LogP contribution in [-0.4, -0.2) is 13.1 Å². The molecular weight excluding hydrogens is 182 g/mol. The molecule has 0 aliphatic carbocycles. The minimum atomic E-state index is 0.256. The Morgan fingerprint density at radius 2 is 1.87 bits per heavy atom. The Bertz CT molecular complexity index is 343. The number of anilines is 1. The Labute approximate surface area is 93.1 Å². The van der Waals surface area contributed by atoms with Gasteiger partial charge in [-0.2, -0.15) is 0 Å². The largest absolute Gasteiger partial charge is 0.371 e. The van der Waals surface area contributed by atoms with E-state index in [9.17, 15) is 0 Å². The zero-order valence-corrected chi connectivity index (χ0v) is 10.2. The van der Waals surface area contributed by atoms with Crippen molar-refractivity contribution >= 4 is 5.69 Å². The molecular formula is C14H21N. The van der Waals surface area contributed by atoms with Gasteiger partial charge in [-0.15, -0.1) is 0 Å². The Morgan fingerprint density at radius 1 is 1.20 bits per heavy atom. The molecule has 1 fully saturated rings. The zero-order chi connectivity index (χ0) is 11.1. The first-order valence-corrected chi connectivity index (χ1v) is 5.82. The summed E-state index contributed by atoms with van der Waals surface area (Å²) in [7, 11) is 0. The summed E-state index contributed by atoms with van der Waals surface area (Å²) in [6.07, 6.45) is 0. The van der Waals surface area contributed by atoms with E-state index in [0.717, 1.165) is 5.92 Å². The van der Waals surface area contributed by atoms with Crippen molar-refractivity contribution in [2.45, 2.75) is 33.1 Å². The zero-order valence-electron chi connectivity index (χ0n) is 10.2. The molecule has 0 spiro atoms. The topological polar surface area (TPSA) is 3.24 Å². The molecule has 1 nitrogen and oxygen atoms in total. The average molecular weight is 203 g/mol. The van der Waals surface area contributed by atoms with E-state index in [1.165, 1.54) is 24.3 Å². The molecule has 15 heavy (non-hydrogen) atoms. The van der Waals surface area contributed by atoms with Crippen LogP contribution in [0.2, 0.25) is 0 Å². The van der Waals surface area contributed by atoms with E-state index in [0.29, 0.717) is 0 Å². The van der Waals surface area contributed by atoms with Crippen molar-refractivity contribution < 1.29 is 0 Å². The second-order valence-electron chi connectivity index (χ2n) is 5.81. The monoisotopic (exact) mass is 203 g/mol. The van der Waals surface area contributed by atoms with E-state index in [1.807, 2.05) is 0 Å². The van der Waals surface area contributed by atoms with Gasteiger partial charge in [0.2, 0.25) is 0 Å². The summed E-state index contributed by atoms with van der Waals surface area (Å²) >= 11 is 0. The first-order valence-electron chi connectivity index (χ1n) is 5.82. The van der Waals surface area contributed by atoms with Crippen molar-refractivity contribution in [2.75, 3.05) is 18.0 Å². The molecule has 1 saturated heterocycles. The molecule has 1 aliphatic heterocycles. The van der Waals surface area contributed by atoms with E-state index in [-0.39, 0.29) is 5.41 Å². The molecule has 0 aromatic heterocycles. The van der Waals surface area contributed by atoms with Crippen LogP contribution in [-0.2, 0) is 5.41 Å². The summed E-state index contributed by atoms with van der Waals surface area (Å²) in [4.78, 5) is 2.46. The van der Waals surface area contributed by atoms with Gasteiger partial charge >= 0.3 is 0 Å². The molecule has 1 aromatic carbocycles. The highest BCUT2D eigenvalue weighted by Crippen LogP contribution is 2.29. The maximum Gasteiger partial charge on any atom is 0.0369 e. The second kappa shape index (κ2) is 3.55. The number of rotatable bonds is 1. The lowest BCUT2D eigenvalue weighted by molar-refractivity contribution is 0.447. The van der Waals surface area contributed by atoms with Gasteiger partial charge in [0.25, 0.3) is 0 Å². The fourth-order valence-corrected chi connectivity index (χ4v) is 2.08. The normalized spacial score (nSPS) is 17.7. The van der Waals surface area contributed by atoms with Crippen molar-refractivity contribution in [3.63, 3.8) is 0 Å². The van der Waals surface area contributed by atoms with Gasteiger partial charge in [0.15, 0.2) is 0 Å². The second-order valence-corrected chi connectivity index (χ2v) is 5.81. The van der Waals surface area contributed by atoms with Gasteiger partial charge in [0, 0.05) is 18.8 Å². The predicted octanol–water partition coefficient (Wildman–Crippen LogP) is 3.44. The lowest BCUT2D eigenvalue weighted by Gasteiger charge is -2.39. The van der Waals surface area contributed by atoms with Crippen LogP contribution >= 0.6 is 0 Å². The van der Waals surface area contributed by atoms with E-state index in [2.05, 4.69) is 56.9 Å². The summed E-state index contributed by atoms with van der Waals surface area (Å²) in [5.74, 6) is 0.864. The van der Waals surface area contributed by atoms with Crippen molar-refractivity contribution in [2.24, 2.45) is 5.92 Å². The Hall–Kier alpha value is -0.980. The van der Waals surface area contributed by atoms with E-state index >= 15 is 0 Å². The molecule has 1 aliphatic rings. The number of hydrogen-bond donors (Lipinski definition) is 0. The minimum Gasteiger partial charge on any atom is -0.371 e. The highest BCUT2D eigenvalue weighted by Gasteiger charge is 2.23. The molecule has 1 heterocycles. The molecule has 0 amide bonds. The summed E-state index contributed by atoms with van der Waals surface area (Å²) in [5, 5.41) is 0. The van der Waals surface area contributed by atoms with E-state index < -0.39 is 0 Å². The third-order valence-electron chi connectivity index (χ3n) is 3.14. The predicted molar refractivity (Wildman–Crippen MR) is 66.5 cm³/mol. The number of nitrogens with zero attached hydrogens (tertiary/aromatic N) is 1. The van der Waals surface area contributed by atoms with Gasteiger partial charge in [-0.25, -0.2) is 0 Å². The summed E-state index contributed by atoms with van der Waals surface area (Å²) in [6, 6.07) is 8.97. The van der Waals surface area contributed by atoms with Crippen LogP contribution < -0.4 is 4.90 Å². The van der Waals surface area contributed by atoms with Crippen LogP contribution in [0.25, 0.3) is 0 Å². The standard InChI is InChI=1S/C14H21N/c1-11-9-15(10-11)13-7-5-6-12(8-13)14(2,3)4/h5-8,11H,9-10H2,1-4H3. The minimum absolute atomic E-state index is 0.256. The molecule has 0 N–H and O–H groups in total. The third kappa shape index (κ3) is 2.17. The van der Waals surface area contributed by atoms with E-state index in [1.54, 1.807) is 0 Å². The van der Waals surface area contributed by atoms with Crippen LogP contribution in [0.5, 0.6) is 0 Å². The SMILES string of the molecule is CC1CN(c2cccc(C(C)(C)C)c2)C1. The number of benzene rings is 1. The van der Waals surface area contributed by atoms with Crippen molar-refractivity contribution in [1.29, 1.82) is 0 Å². The van der Waals surface area contributed by atoms with Gasteiger partial charge in [0.05, 0.1) is 0 Å². The van der Waals surface area contributed by atoms with Crippen LogP contribution in [0.3, 0.4) is 0 Å². The smallest absolute Gasteiger partial charge is 0.0369 e. The van der Waals surface area contributed by atoms with Gasteiger partial charge in [-0.05, 0) is 29.0 Å². The van der Waals surface area contributed by atoms with Crippen molar-refractivity contribution in [1.82, 2.24) is 0 Å².